The van der Waals surface area contributed by atoms with E-state index in [4.69, 9.17) is 10.4 Å². The molecule has 20 heavy (non-hydrogen) atoms. The van der Waals surface area contributed by atoms with Gasteiger partial charge in [-0.1, -0.05) is 18.2 Å². The summed E-state index contributed by atoms with van der Waals surface area (Å²) in [4.78, 5) is 14.8. The molecule has 1 aromatic heterocycles. The predicted molar refractivity (Wildman–Crippen MR) is 74.3 cm³/mol. The number of nitrogens with one attached hydrogen (secondary N) is 1. The molecule has 2 aromatic rings. The number of nitrogens with zero attached hydrogens (tertiary/aromatic N) is 2. The molecule has 2 N–H and O–H groups in total. The number of pyridine rings is 1. The van der Waals surface area contributed by atoms with Crippen LogP contribution in [0.15, 0.2) is 42.5 Å². The number of carboxylic acids is 1. The standard InChI is InChI=1S/C15H13N3O2/c16-9-8-11-4-6-12(7-5-11)17-10-13-2-1-3-14(18-13)15(19)20/h1-7,17H,8,10H2,(H,19,20). The summed E-state index contributed by atoms with van der Waals surface area (Å²) < 4.78 is 0. The molecule has 1 heterocycles. The average Bonchev–Trinajstić information content (AvgIpc) is 2.47. The zero-order valence-corrected chi connectivity index (χ0v) is 10.7. The third-order valence-electron chi connectivity index (χ3n) is 2.74. The monoisotopic (exact) mass is 267 g/mol. The van der Waals surface area contributed by atoms with Crippen LogP contribution in [0, 0.1) is 11.3 Å². The summed E-state index contributed by atoms with van der Waals surface area (Å²) in [6, 6.07) is 14.5. The zero-order chi connectivity index (χ0) is 14.4. The molecule has 0 spiro atoms. The molecule has 0 saturated heterocycles. The number of aromatic nitrogens is 1. The maximum atomic E-state index is 10.8. The lowest BCUT2D eigenvalue weighted by molar-refractivity contribution is 0.0690. The number of anilines is 1. The topological polar surface area (TPSA) is 86.0 Å². The second-order valence-electron chi connectivity index (χ2n) is 4.20. The quantitative estimate of drug-likeness (QED) is 0.869. The molecule has 100 valence electrons. The Balaban J connectivity index is 2.00. The van der Waals surface area contributed by atoms with Gasteiger partial charge in [0.1, 0.15) is 5.69 Å². The number of aromatic carboxylic acids is 1. The fourth-order valence-electron chi connectivity index (χ4n) is 1.72. The summed E-state index contributed by atoms with van der Waals surface area (Å²) in [6.45, 7) is 0.443. The number of carboxylic acid groups (broad SMARTS) is 1. The molecule has 0 aliphatic carbocycles. The highest BCUT2D eigenvalue weighted by atomic mass is 16.4. The molecule has 0 fully saturated rings. The van der Waals surface area contributed by atoms with E-state index in [0.717, 1.165) is 11.3 Å². The Morgan fingerprint density at radius 2 is 2.00 bits per heavy atom. The molecule has 0 amide bonds. The molecule has 0 aliphatic heterocycles. The molecule has 0 atom stereocenters. The zero-order valence-electron chi connectivity index (χ0n) is 10.7. The molecule has 5 heteroatoms. The van der Waals surface area contributed by atoms with Crippen molar-refractivity contribution in [2.24, 2.45) is 0 Å². The van der Waals surface area contributed by atoms with Crippen molar-refractivity contribution >= 4 is 11.7 Å². The molecular formula is C15H13N3O2. The Morgan fingerprint density at radius 3 is 2.65 bits per heavy atom. The van der Waals surface area contributed by atoms with Gasteiger partial charge in [-0.3, -0.25) is 0 Å². The van der Waals surface area contributed by atoms with E-state index < -0.39 is 5.97 Å². The second-order valence-corrected chi connectivity index (χ2v) is 4.20. The van der Waals surface area contributed by atoms with Crippen LogP contribution in [0.2, 0.25) is 0 Å². The number of hydrogen-bond donors (Lipinski definition) is 2. The van der Waals surface area contributed by atoms with E-state index >= 15 is 0 Å². The number of benzene rings is 1. The van der Waals surface area contributed by atoms with Crippen LogP contribution in [0.1, 0.15) is 21.7 Å². The highest BCUT2D eigenvalue weighted by Crippen LogP contribution is 2.11. The summed E-state index contributed by atoms with van der Waals surface area (Å²) in [5, 5.41) is 20.6. The molecular weight excluding hydrogens is 254 g/mol. The largest absolute Gasteiger partial charge is 0.477 e. The molecule has 0 aliphatic rings. The minimum Gasteiger partial charge on any atom is -0.477 e. The van der Waals surface area contributed by atoms with Crippen LogP contribution in [0.3, 0.4) is 0 Å². The van der Waals surface area contributed by atoms with Crippen molar-refractivity contribution in [3.63, 3.8) is 0 Å². The maximum absolute atomic E-state index is 10.8. The van der Waals surface area contributed by atoms with Gasteiger partial charge in [0.2, 0.25) is 0 Å². The van der Waals surface area contributed by atoms with Crippen LogP contribution in [0.25, 0.3) is 0 Å². The van der Waals surface area contributed by atoms with E-state index in [-0.39, 0.29) is 5.69 Å². The van der Waals surface area contributed by atoms with Crippen LogP contribution in [-0.2, 0) is 13.0 Å². The predicted octanol–water partition coefficient (Wildman–Crippen LogP) is 2.46. The first-order chi connectivity index (χ1) is 9.69. The van der Waals surface area contributed by atoms with Gasteiger partial charge in [-0.05, 0) is 29.8 Å². The molecule has 1 aromatic carbocycles. The van der Waals surface area contributed by atoms with E-state index in [1.54, 1.807) is 12.1 Å². The van der Waals surface area contributed by atoms with E-state index in [0.29, 0.717) is 18.7 Å². The van der Waals surface area contributed by atoms with Gasteiger partial charge in [0.05, 0.1) is 24.7 Å². The van der Waals surface area contributed by atoms with Crippen LogP contribution in [0.4, 0.5) is 5.69 Å². The van der Waals surface area contributed by atoms with E-state index in [1.165, 1.54) is 6.07 Å². The maximum Gasteiger partial charge on any atom is 0.354 e. The van der Waals surface area contributed by atoms with Crippen molar-refractivity contribution in [1.29, 1.82) is 5.26 Å². The highest BCUT2D eigenvalue weighted by molar-refractivity contribution is 5.85. The molecule has 0 radical (unpaired) electrons. The van der Waals surface area contributed by atoms with E-state index in [2.05, 4.69) is 16.4 Å². The molecule has 0 saturated carbocycles. The normalized spacial score (nSPS) is 9.75. The van der Waals surface area contributed by atoms with Crippen LogP contribution < -0.4 is 5.32 Å². The fourth-order valence-corrected chi connectivity index (χ4v) is 1.72. The van der Waals surface area contributed by atoms with Gasteiger partial charge in [0.15, 0.2) is 0 Å². The summed E-state index contributed by atoms with van der Waals surface area (Å²) in [5.74, 6) is -1.03. The van der Waals surface area contributed by atoms with Gasteiger partial charge < -0.3 is 10.4 Å². The SMILES string of the molecule is N#CCc1ccc(NCc2cccc(C(=O)O)n2)cc1. The van der Waals surface area contributed by atoms with Crippen molar-refractivity contribution in [3.8, 4) is 6.07 Å². The Labute approximate surface area is 116 Å². The van der Waals surface area contributed by atoms with Crippen molar-refractivity contribution in [1.82, 2.24) is 4.98 Å². The lowest BCUT2D eigenvalue weighted by atomic mass is 10.1. The third kappa shape index (κ3) is 3.56. The summed E-state index contributed by atoms with van der Waals surface area (Å²) >= 11 is 0. The van der Waals surface area contributed by atoms with Crippen molar-refractivity contribution in [2.75, 3.05) is 5.32 Å². The molecule has 0 bridgehead atoms. The Hall–Kier alpha value is -2.87. The van der Waals surface area contributed by atoms with Gasteiger partial charge in [-0.25, -0.2) is 9.78 Å². The Bertz CT molecular complexity index is 645. The number of rotatable bonds is 5. The van der Waals surface area contributed by atoms with E-state index in [9.17, 15) is 4.79 Å². The lowest BCUT2D eigenvalue weighted by Gasteiger charge is -2.07. The summed E-state index contributed by atoms with van der Waals surface area (Å²) in [7, 11) is 0. The highest BCUT2D eigenvalue weighted by Gasteiger charge is 2.04. The molecule has 0 unspecified atom stereocenters. The van der Waals surface area contributed by atoms with Crippen molar-refractivity contribution in [3.05, 3.63) is 59.4 Å². The van der Waals surface area contributed by atoms with E-state index in [1.807, 2.05) is 24.3 Å². The van der Waals surface area contributed by atoms with Gasteiger partial charge in [-0.15, -0.1) is 0 Å². The smallest absolute Gasteiger partial charge is 0.354 e. The third-order valence-corrected chi connectivity index (χ3v) is 2.74. The van der Waals surface area contributed by atoms with Gasteiger partial charge in [0.25, 0.3) is 0 Å². The minimum atomic E-state index is -1.03. The first-order valence-electron chi connectivity index (χ1n) is 6.08. The number of hydrogen-bond acceptors (Lipinski definition) is 4. The van der Waals surface area contributed by atoms with Crippen LogP contribution in [-0.4, -0.2) is 16.1 Å². The minimum absolute atomic E-state index is 0.0358. The van der Waals surface area contributed by atoms with Crippen molar-refractivity contribution < 1.29 is 9.90 Å². The average molecular weight is 267 g/mol. The number of carbonyl (C=O) groups is 1. The van der Waals surface area contributed by atoms with Gasteiger partial charge in [-0.2, -0.15) is 5.26 Å². The van der Waals surface area contributed by atoms with Crippen molar-refractivity contribution in [2.45, 2.75) is 13.0 Å². The van der Waals surface area contributed by atoms with Gasteiger partial charge >= 0.3 is 5.97 Å². The Morgan fingerprint density at radius 1 is 1.25 bits per heavy atom. The molecule has 5 nitrogen and oxygen atoms in total. The summed E-state index contributed by atoms with van der Waals surface area (Å²) in [5.41, 5.74) is 2.55. The first-order valence-corrected chi connectivity index (χ1v) is 6.08. The molecule has 2 rings (SSSR count). The van der Waals surface area contributed by atoms with Gasteiger partial charge in [0, 0.05) is 5.69 Å². The second kappa shape index (κ2) is 6.34. The first kappa shape index (κ1) is 13.6. The summed E-state index contributed by atoms with van der Waals surface area (Å²) in [6.07, 6.45) is 0.391. The Kier molecular flexibility index (Phi) is 4.30. The van der Waals surface area contributed by atoms with Crippen LogP contribution >= 0.6 is 0 Å². The lowest BCUT2D eigenvalue weighted by Crippen LogP contribution is -2.06. The fraction of sp³-hybridized carbons (Fsp3) is 0.133. The van der Waals surface area contributed by atoms with Crippen LogP contribution in [0.5, 0.6) is 0 Å². The number of nitriles is 1.